The molecule has 194 valence electrons. The SMILES string of the molecule is CN(C)C(=O)c1ccc(-c2cnc3[nH]c4ccc(OS(=O)(=O)c5cccs5)cc4c3c2-c2ccncc2)cc1. The van der Waals surface area contributed by atoms with E-state index in [1.807, 2.05) is 24.3 Å². The van der Waals surface area contributed by atoms with Crippen molar-refractivity contribution in [1.82, 2.24) is 19.9 Å². The van der Waals surface area contributed by atoms with Crippen LogP contribution in [0.4, 0.5) is 0 Å². The van der Waals surface area contributed by atoms with Crippen LogP contribution in [0.1, 0.15) is 10.4 Å². The van der Waals surface area contributed by atoms with Crippen molar-refractivity contribution in [3.8, 4) is 28.0 Å². The van der Waals surface area contributed by atoms with Gasteiger partial charge in [-0.1, -0.05) is 18.2 Å². The molecule has 0 saturated carbocycles. The van der Waals surface area contributed by atoms with Crippen molar-refractivity contribution >= 4 is 49.3 Å². The van der Waals surface area contributed by atoms with Crippen molar-refractivity contribution in [3.63, 3.8) is 0 Å². The number of carbonyl (C=O) groups excluding carboxylic acids is 1. The maximum Gasteiger partial charge on any atom is 0.348 e. The fraction of sp³-hybridized carbons (Fsp3) is 0.0690. The first kappa shape index (κ1) is 24.8. The minimum atomic E-state index is -3.95. The first-order valence-corrected chi connectivity index (χ1v) is 14.3. The van der Waals surface area contributed by atoms with Gasteiger partial charge in [-0.15, -0.1) is 11.3 Å². The lowest BCUT2D eigenvalue weighted by atomic mass is 9.93. The van der Waals surface area contributed by atoms with E-state index in [2.05, 4.69) is 9.97 Å². The highest BCUT2D eigenvalue weighted by Gasteiger charge is 2.21. The second kappa shape index (κ2) is 9.64. The number of fused-ring (bicyclic) bond motifs is 3. The highest BCUT2D eigenvalue weighted by Crippen LogP contribution is 2.41. The van der Waals surface area contributed by atoms with Crippen LogP contribution in [0.2, 0.25) is 0 Å². The zero-order valence-electron chi connectivity index (χ0n) is 21.0. The molecule has 0 saturated heterocycles. The number of hydrogen-bond donors (Lipinski definition) is 1. The number of rotatable bonds is 6. The largest absolute Gasteiger partial charge is 0.378 e. The molecule has 0 unspecified atom stereocenters. The van der Waals surface area contributed by atoms with E-state index < -0.39 is 10.1 Å². The summed E-state index contributed by atoms with van der Waals surface area (Å²) in [5, 5.41) is 3.28. The molecule has 0 spiro atoms. The number of benzene rings is 2. The summed E-state index contributed by atoms with van der Waals surface area (Å²) in [7, 11) is -0.515. The third-order valence-corrected chi connectivity index (χ3v) is 8.96. The number of hydrogen-bond acceptors (Lipinski definition) is 7. The van der Waals surface area contributed by atoms with Gasteiger partial charge in [-0.05, 0) is 65.0 Å². The molecular formula is C29H22N4O4S2. The van der Waals surface area contributed by atoms with Crippen LogP contribution < -0.4 is 4.18 Å². The molecule has 0 aliphatic rings. The molecule has 2 aromatic carbocycles. The number of H-pyrrole nitrogens is 1. The number of nitrogens with zero attached hydrogens (tertiary/aromatic N) is 3. The molecule has 6 aromatic rings. The van der Waals surface area contributed by atoms with E-state index in [-0.39, 0.29) is 15.9 Å². The summed E-state index contributed by atoms with van der Waals surface area (Å²) in [6, 6.07) is 19.6. The number of amides is 1. The van der Waals surface area contributed by atoms with Gasteiger partial charge in [0.1, 0.15) is 11.4 Å². The van der Waals surface area contributed by atoms with E-state index in [9.17, 15) is 13.2 Å². The molecule has 0 radical (unpaired) electrons. The standard InChI is InChI=1S/C29H22N4O4S2/c1-33(2)29(34)20-7-5-18(6-8-20)23-17-31-28-27(26(23)19-11-13-30-14-12-19)22-16-21(9-10-24(22)32-28)37-39(35,36)25-4-3-15-38-25/h3-17H,1-2H3,(H,31,32). The van der Waals surface area contributed by atoms with Gasteiger partial charge in [0.25, 0.3) is 5.91 Å². The van der Waals surface area contributed by atoms with Crippen molar-refractivity contribution in [2.24, 2.45) is 0 Å². The number of pyridine rings is 2. The summed E-state index contributed by atoms with van der Waals surface area (Å²) in [4.78, 5) is 26.2. The van der Waals surface area contributed by atoms with Gasteiger partial charge in [-0.25, -0.2) is 4.98 Å². The Labute approximate surface area is 228 Å². The Morgan fingerprint density at radius 2 is 1.74 bits per heavy atom. The Kier molecular flexibility index (Phi) is 6.13. The van der Waals surface area contributed by atoms with Crippen molar-refractivity contribution in [1.29, 1.82) is 0 Å². The summed E-state index contributed by atoms with van der Waals surface area (Å²) >= 11 is 1.10. The second-order valence-electron chi connectivity index (χ2n) is 9.09. The fourth-order valence-corrected chi connectivity index (χ4v) is 6.42. The van der Waals surface area contributed by atoms with Crippen molar-refractivity contribution in [2.45, 2.75) is 4.21 Å². The van der Waals surface area contributed by atoms with Crippen LogP contribution in [0.5, 0.6) is 5.75 Å². The van der Waals surface area contributed by atoms with Crippen LogP contribution in [0.15, 0.2) is 94.9 Å². The van der Waals surface area contributed by atoms with Crippen LogP contribution >= 0.6 is 11.3 Å². The van der Waals surface area contributed by atoms with Gasteiger partial charge >= 0.3 is 10.1 Å². The molecule has 6 rings (SSSR count). The van der Waals surface area contributed by atoms with Crippen LogP contribution in [0.25, 0.3) is 44.2 Å². The van der Waals surface area contributed by atoms with Crippen LogP contribution in [-0.4, -0.2) is 48.3 Å². The number of carbonyl (C=O) groups is 1. The summed E-state index contributed by atoms with van der Waals surface area (Å²) in [6.07, 6.45) is 5.25. The summed E-state index contributed by atoms with van der Waals surface area (Å²) < 4.78 is 31.2. The fourth-order valence-electron chi connectivity index (χ4n) is 4.55. The number of aromatic amines is 1. The third-order valence-electron chi connectivity index (χ3n) is 6.36. The van der Waals surface area contributed by atoms with Crippen LogP contribution in [0, 0.1) is 0 Å². The second-order valence-corrected chi connectivity index (χ2v) is 11.8. The third kappa shape index (κ3) is 4.53. The Morgan fingerprint density at radius 3 is 2.44 bits per heavy atom. The summed E-state index contributed by atoms with van der Waals surface area (Å²) in [6.45, 7) is 0. The molecule has 1 N–H and O–H groups in total. The maximum atomic E-state index is 12.8. The van der Waals surface area contributed by atoms with E-state index in [1.54, 1.807) is 74.5 Å². The molecule has 0 aliphatic heterocycles. The maximum absolute atomic E-state index is 12.8. The number of thiophene rings is 1. The van der Waals surface area contributed by atoms with Crippen LogP contribution in [0.3, 0.4) is 0 Å². The average molecular weight is 555 g/mol. The molecule has 0 atom stereocenters. The Bertz CT molecular complexity index is 1930. The molecular weight excluding hydrogens is 532 g/mol. The van der Waals surface area contributed by atoms with Gasteiger partial charge in [0, 0.05) is 65.7 Å². The lowest BCUT2D eigenvalue weighted by molar-refractivity contribution is 0.0827. The highest BCUT2D eigenvalue weighted by molar-refractivity contribution is 7.89. The molecule has 39 heavy (non-hydrogen) atoms. The average Bonchev–Trinajstić information content (AvgIpc) is 3.62. The number of aromatic nitrogens is 3. The first-order valence-electron chi connectivity index (χ1n) is 12.0. The van der Waals surface area contributed by atoms with Gasteiger partial charge in [-0.3, -0.25) is 9.78 Å². The van der Waals surface area contributed by atoms with E-state index >= 15 is 0 Å². The quantitative estimate of drug-likeness (QED) is 0.254. The first-order chi connectivity index (χ1) is 18.8. The van der Waals surface area contributed by atoms with Crippen molar-refractivity contribution in [3.05, 3.63) is 96.3 Å². The predicted molar refractivity (Wildman–Crippen MR) is 152 cm³/mol. The molecule has 1 amide bonds. The zero-order chi connectivity index (χ0) is 27.1. The molecule has 8 nitrogen and oxygen atoms in total. The molecule has 0 bridgehead atoms. The van der Waals surface area contributed by atoms with E-state index in [4.69, 9.17) is 9.17 Å². The smallest absolute Gasteiger partial charge is 0.348 e. The topological polar surface area (TPSA) is 105 Å². The molecule has 0 fully saturated rings. The van der Waals surface area contributed by atoms with E-state index in [1.165, 1.54) is 11.0 Å². The van der Waals surface area contributed by atoms with E-state index in [0.717, 1.165) is 49.9 Å². The Balaban J connectivity index is 1.55. The molecule has 4 aromatic heterocycles. The zero-order valence-corrected chi connectivity index (χ0v) is 22.6. The number of nitrogens with one attached hydrogen (secondary N) is 1. The van der Waals surface area contributed by atoms with Crippen molar-refractivity contribution < 1.29 is 17.4 Å². The van der Waals surface area contributed by atoms with Crippen molar-refractivity contribution in [2.75, 3.05) is 14.1 Å². The van der Waals surface area contributed by atoms with E-state index in [0.29, 0.717) is 11.2 Å². The van der Waals surface area contributed by atoms with Gasteiger partial charge in [-0.2, -0.15) is 8.42 Å². The van der Waals surface area contributed by atoms with Gasteiger partial charge < -0.3 is 14.1 Å². The van der Waals surface area contributed by atoms with Crippen LogP contribution in [-0.2, 0) is 10.1 Å². The van der Waals surface area contributed by atoms with Gasteiger partial charge in [0.05, 0.1) is 0 Å². The molecule has 4 heterocycles. The Hall–Kier alpha value is -4.54. The monoisotopic (exact) mass is 554 g/mol. The minimum Gasteiger partial charge on any atom is -0.378 e. The molecule has 0 aliphatic carbocycles. The summed E-state index contributed by atoms with van der Waals surface area (Å²) in [5.41, 5.74) is 5.59. The van der Waals surface area contributed by atoms with Gasteiger partial charge in [0.15, 0.2) is 4.21 Å². The molecule has 10 heteroatoms. The lowest BCUT2D eigenvalue weighted by Gasteiger charge is -2.14. The summed E-state index contributed by atoms with van der Waals surface area (Å²) in [5.74, 6) is 0.126. The Morgan fingerprint density at radius 1 is 0.974 bits per heavy atom. The van der Waals surface area contributed by atoms with Gasteiger partial charge in [0.2, 0.25) is 0 Å². The normalized spacial score (nSPS) is 11.6. The highest BCUT2D eigenvalue weighted by atomic mass is 32.3. The predicted octanol–water partition coefficient (Wildman–Crippen LogP) is 5.98. The lowest BCUT2D eigenvalue weighted by Crippen LogP contribution is -2.21. The minimum absolute atomic E-state index is 0.0776.